The lowest BCUT2D eigenvalue weighted by molar-refractivity contribution is 0.116. The van der Waals surface area contributed by atoms with E-state index in [0.717, 1.165) is 6.42 Å². The molecular weight excluding hydrogens is 193 g/mol. The molecule has 1 heterocycles. The van der Waals surface area contributed by atoms with Gasteiger partial charge in [0.15, 0.2) is 11.6 Å². The van der Waals surface area contributed by atoms with E-state index < -0.39 is 0 Å². The number of rotatable bonds is 2. The molecule has 1 saturated carbocycles. The van der Waals surface area contributed by atoms with Gasteiger partial charge in [0.2, 0.25) is 0 Å². The molecule has 2 atom stereocenters. The maximum absolute atomic E-state index is 13.3. The van der Waals surface area contributed by atoms with E-state index in [0.29, 0.717) is 5.82 Å². The summed E-state index contributed by atoms with van der Waals surface area (Å²) in [5.41, 5.74) is 5.89. The Labute approximate surface area is 88.9 Å². The average molecular weight is 209 g/mol. The zero-order chi connectivity index (χ0) is 11.1. The van der Waals surface area contributed by atoms with Crippen LogP contribution in [0.3, 0.4) is 0 Å². The van der Waals surface area contributed by atoms with Gasteiger partial charge >= 0.3 is 0 Å². The molecule has 0 saturated heterocycles. The molecule has 0 radical (unpaired) electrons. The lowest BCUT2D eigenvalue weighted by Gasteiger charge is -2.50. The van der Waals surface area contributed by atoms with E-state index in [9.17, 15) is 4.39 Å². The highest BCUT2D eigenvalue weighted by molar-refractivity contribution is 5.38. The number of hydrogen-bond acceptors (Lipinski definition) is 3. The van der Waals surface area contributed by atoms with Crippen molar-refractivity contribution in [3.63, 3.8) is 0 Å². The molecule has 1 aliphatic rings. The van der Waals surface area contributed by atoms with Gasteiger partial charge in [-0.3, -0.25) is 0 Å². The average Bonchev–Trinajstić information content (AvgIpc) is 2.20. The molecule has 3 nitrogen and oxygen atoms in total. The predicted molar refractivity (Wildman–Crippen MR) is 58.0 cm³/mol. The first-order valence-electron chi connectivity index (χ1n) is 5.14. The van der Waals surface area contributed by atoms with E-state index in [-0.39, 0.29) is 23.3 Å². The predicted octanol–water partition coefficient (Wildman–Crippen LogP) is 1.76. The van der Waals surface area contributed by atoms with Crippen LogP contribution >= 0.6 is 0 Å². The highest BCUT2D eigenvalue weighted by atomic mass is 19.1. The minimum atomic E-state index is -0.311. The molecule has 1 fully saturated rings. The second kappa shape index (κ2) is 3.45. The molecule has 2 unspecified atom stereocenters. The van der Waals surface area contributed by atoms with Crippen molar-refractivity contribution < 1.29 is 4.39 Å². The maximum Gasteiger partial charge on any atom is 0.165 e. The number of anilines is 1. The van der Waals surface area contributed by atoms with E-state index in [4.69, 9.17) is 5.73 Å². The molecular formula is C11H16FN3. The lowest BCUT2D eigenvalue weighted by Crippen LogP contribution is -2.61. The monoisotopic (exact) mass is 209 g/mol. The first-order valence-corrected chi connectivity index (χ1v) is 5.14. The molecule has 15 heavy (non-hydrogen) atoms. The molecule has 0 aromatic carbocycles. The van der Waals surface area contributed by atoms with E-state index >= 15 is 0 Å². The van der Waals surface area contributed by atoms with Crippen LogP contribution in [0.1, 0.15) is 20.3 Å². The summed E-state index contributed by atoms with van der Waals surface area (Å²) in [6, 6.07) is 3.37. The van der Waals surface area contributed by atoms with Crippen molar-refractivity contribution in [2.45, 2.75) is 32.4 Å². The SMILES string of the molecule is CC1(C)C(N)CC1Nc1ncccc1F. The van der Waals surface area contributed by atoms with Gasteiger partial charge in [-0.05, 0) is 18.6 Å². The van der Waals surface area contributed by atoms with Crippen LogP contribution in [0.5, 0.6) is 0 Å². The van der Waals surface area contributed by atoms with Gasteiger partial charge in [-0.1, -0.05) is 13.8 Å². The van der Waals surface area contributed by atoms with E-state index in [2.05, 4.69) is 24.1 Å². The van der Waals surface area contributed by atoms with Gasteiger partial charge < -0.3 is 11.1 Å². The molecule has 1 aromatic rings. The van der Waals surface area contributed by atoms with Crippen LogP contribution in [0, 0.1) is 11.2 Å². The van der Waals surface area contributed by atoms with Crippen molar-refractivity contribution in [2.75, 3.05) is 5.32 Å². The highest BCUT2D eigenvalue weighted by Crippen LogP contribution is 2.40. The van der Waals surface area contributed by atoms with E-state index in [1.54, 1.807) is 12.3 Å². The second-order valence-corrected chi connectivity index (χ2v) is 4.69. The molecule has 0 bridgehead atoms. The molecule has 2 rings (SSSR count). The zero-order valence-corrected chi connectivity index (χ0v) is 9.00. The summed E-state index contributed by atoms with van der Waals surface area (Å²) in [7, 11) is 0. The quantitative estimate of drug-likeness (QED) is 0.780. The van der Waals surface area contributed by atoms with E-state index in [1.807, 2.05) is 0 Å². The molecule has 0 amide bonds. The number of pyridine rings is 1. The Morgan fingerprint density at radius 3 is 2.87 bits per heavy atom. The van der Waals surface area contributed by atoms with Crippen molar-refractivity contribution in [3.05, 3.63) is 24.1 Å². The third kappa shape index (κ3) is 1.69. The second-order valence-electron chi connectivity index (χ2n) is 4.69. The highest BCUT2D eigenvalue weighted by Gasteiger charge is 2.46. The Kier molecular flexibility index (Phi) is 2.38. The zero-order valence-electron chi connectivity index (χ0n) is 9.00. The van der Waals surface area contributed by atoms with Gasteiger partial charge in [0.05, 0.1) is 0 Å². The third-order valence-electron chi connectivity index (χ3n) is 3.41. The van der Waals surface area contributed by atoms with Gasteiger partial charge in [0, 0.05) is 23.7 Å². The number of aromatic nitrogens is 1. The van der Waals surface area contributed by atoms with Crippen LogP contribution in [0.25, 0.3) is 0 Å². The molecule has 4 heteroatoms. The lowest BCUT2D eigenvalue weighted by atomic mass is 9.63. The third-order valence-corrected chi connectivity index (χ3v) is 3.41. The Balaban J connectivity index is 2.08. The number of hydrogen-bond donors (Lipinski definition) is 2. The fraction of sp³-hybridized carbons (Fsp3) is 0.545. The Morgan fingerprint density at radius 1 is 1.60 bits per heavy atom. The van der Waals surface area contributed by atoms with Gasteiger partial charge in [-0.15, -0.1) is 0 Å². The Hall–Kier alpha value is -1.16. The van der Waals surface area contributed by atoms with Crippen LogP contribution < -0.4 is 11.1 Å². The van der Waals surface area contributed by atoms with Crippen molar-refractivity contribution >= 4 is 5.82 Å². The summed E-state index contributed by atoms with van der Waals surface area (Å²) in [5.74, 6) is 0.0104. The molecule has 0 spiro atoms. The Bertz CT molecular complexity index is 365. The van der Waals surface area contributed by atoms with Crippen molar-refractivity contribution in [2.24, 2.45) is 11.1 Å². The summed E-state index contributed by atoms with van der Waals surface area (Å²) in [5, 5.41) is 3.10. The minimum absolute atomic E-state index is 0.00393. The number of halogens is 1. The molecule has 0 aliphatic heterocycles. The maximum atomic E-state index is 13.3. The molecule has 82 valence electrons. The summed E-state index contributed by atoms with van der Waals surface area (Å²) in [6.45, 7) is 4.17. The topological polar surface area (TPSA) is 50.9 Å². The van der Waals surface area contributed by atoms with Gasteiger partial charge in [0.25, 0.3) is 0 Å². The minimum Gasteiger partial charge on any atom is -0.364 e. The first kappa shape index (κ1) is 10.4. The fourth-order valence-corrected chi connectivity index (χ4v) is 1.86. The number of nitrogens with zero attached hydrogens (tertiary/aromatic N) is 1. The number of nitrogens with two attached hydrogens (primary N) is 1. The standard InChI is InChI=1S/C11H16FN3/c1-11(2)8(13)6-9(11)15-10-7(12)4-3-5-14-10/h3-5,8-9H,6,13H2,1-2H3,(H,14,15). The molecule has 3 N–H and O–H groups in total. The largest absolute Gasteiger partial charge is 0.364 e. The summed E-state index contributed by atoms with van der Waals surface area (Å²) in [6.07, 6.45) is 2.44. The van der Waals surface area contributed by atoms with E-state index in [1.165, 1.54) is 6.07 Å². The summed E-state index contributed by atoms with van der Waals surface area (Å²) in [4.78, 5) is 3.96. The summed E-state index contributed by atoms with van der Waals surface area (Å²) < 4.78 is 13.3. The van der Waals surface area contributed by atoms with Crippen LogP contribution in [0.4, 0.5) is 10.2 Å². The first-order chi connectivity index (χ1) is 7.01. The van der Waals surface area contributed by atoms with Crippen LogP contribution in [0.2, 0.25) is 0 Å². The van der Waals surface area contributed by atoms with Crippen molar-refractivity contribution in [1.29, 1.82) is 0 Å². The smallest absolute Gasteiger partial charge is 0.165 e. The van der Waals surface area contributed by atoms with Crippen molar-refractivity contribution in [3.8, 4) is 0 Å². The molecule has 1 aliphatic carbocycles. The normalized spacial score (nSPS) is 28.3. The van der Waals surface area contributed by atoms with Crippen LogP contribution in [-0.4, -0.2) is 17.1 Å². The Morgan fingerprint density at radius 2 is 2.33 bits per heavy atom. The molecule has 1 aromatic heterocycles. The van der Waals surface area contributed by atoms with Gasteiger partial charge in [0.1, 0.15) is 0 Å². The fourth-order valence-electron chi connectivity index (χ4n) is 1.86. The van der Waals surface area contributed by atoms with Crippen LogP contribution in [0.15, 0.2) is 18.3 Å². The van der Waals surface area contributed by atoms with Crippen LogP contribution in [-0.2, 0) is 0 Å². The van der Waals surface area contributed by atoms with Gasteiger partial charge in [-0.2, -0.15) is 0 Å². The van der Waals surface area contributed by atoms with Gasteiger partial charge in [-0.25, -0.2) is 9.37 Å². The van der Waals surface area contributed by atoms with Crippen molar-refractivity contribution in [1.82, 2.24) is 4.98 Å². The number of nitrogens with one attached hydrogen (secondary N) is 1. The summed E-state index contributed by atoms with van der Waals surface area (Å²) >= 11 is 0.